The van der Waals surface area contributed by atoms with E-state index in [1.807, 2.05) is 4.90 Å². The Kier molecular flexibility index (Phi) is 4.17. The summed E-state index contributed by atoms with van der Waals surface area (Å²) in [6, 6.07) is 0.142. The quantitative estimate of drug-likeness (QED) is 0.867. The highest BCUT2D eigenvalue weighted by molar-refractivity contribution is 5.75. The monoisotopic (exact) mass is 308 g/mol. The smallest absolute Gasteiger partial charge is 0.317 e. The molecule has 3 fully saturated rings. The second-order valence-electron chi connectivity index (χ2n) is 9.02. The molecule has 2 heterocycles. The van der Waals surface area contributed by atoms with Crippen molar-refractivity contribution in [3.05, 3.63) is 0 Å². The summed E-state index contributed by atoms with van der Waals surface area (Å²) in [5, 5.41) is 3.18. The molecule has 1 saturated carbocycles. The molecule has 0 spiro atoms. The Balaban J connectivity index is 1.40. The number of fused-ring (bicyclic) bond motifs is 1. The predicted octanol–water partition coefficient (Wildman–Crippen LogP) is 3.13. The normalized spacial score (nSPS) is 31.0. The molecule has 4 nitrogen and oxygen atoms in total. The van der Waals surface area contributed by atoms with Crippen LogP contribution in [0.5, 0.6) is 0 Å². The van der Waals surface area contributed by atoms with Crippen LogP contribution < -0.4 is 5.32 Å². The fourth-order valence-corrected chi connectivity index (χ4v) is 4.53. The largest absolute Gasteiger partial charge is 0.381 e. The first-order valence-electron chi connectivity index (χ1n) is 8.90. The highest BCUT2D eigenvalue weighted by atomic mass is 16.5. The molecule has 3 aliphatic rings. The lowest BCUT2D eigenvalue weighted by molar-refractivity contribution is 0.0512. The Morgan fingerprint density at radius 1 is 1.23 bits per heavy atom. The van der Waals surface area contributed by atoms with Crippen molar-refractivity contribution in [2.24, 2.45) is 28.6 Å². The molecule has 1 N–H and O–H groups in total. The van der Waals surface area contributed by atoms with Crippen LogP contribution in [0.15, 0.2) is 0 Å². The third-order valence-electron chi connectivity index (χ3n) is 6.31. The van der Waals surface area contributed by atoms with E-state index in [0.29, 0.717) is 5.41 Å². The van der Waals surface area contributed by atoms with E-state index in [0.717, 1.165) is 50.6 Å². The molecule has 0 aromatic carbocycles. The van der Waals surface area contributed by atoms with Gasteiger partial charge in [-0.15, -0.1) is 0 Å². The van der Waals surface area contributed by atoms with Crippen LogP contribution in [-0.4, -0.2) is 43.8 Å². The van der Waals surface area contributed by atoms with E-state index in [1.54, 1.807) is 0 Å². The lowest BCUT2D eigenvalue weighted by Gasteiger charge is -2.33. The molecule has 0 bridgehead atoms. The Morgan fingerprint density at radius 3 is 2.41 bits per heavy atom. The number of carbonyl (C=O) groups is 1. The van der Waals surface area contributed by atoms with E-state index in [1.165, 1.54) is 19.3 Å². The third kappa shape index (κ3) is 3.27. The van der Waals surface area contributed by atoms with Gasteiger partial charge in [0.05, 0.1) is 0 Å². The number of urea groups is 1. The van der Waals surface area contributed by atoms with Crippen molar-refractivity contribution >= 4 is 6.03 Å². The Bertz CT molecular complexity index is 413. The average molecular weight is 308 g/mol. The number of amides is 2. The molecule has 2 atom stereocenters. The van der Waals surface area contributed by atoms with Gasteiger partial charge in [0.25, 0.3) is 0 Å². The maximum atomic E-state index is 12.4. The third-order valence-corrected chi connectivity index (χ3v) is 6.31. The van der Waals surface area contributed by atoms with Gasteiger partial charge in [0.15, 0.2) is 0 Å². The van der Waals surface area contributed by atoms with Gasteiger partial charge in [0, 0.05) is 32.8 Å². The Morgan fingerprint density at radius 2 is 1.82 bits per heavy atom. The Labute approximate surface area is 135 Å². The molecule has 4 heteroatoms. The summed E-state index contributed by atoms with van der Waals surface area (Å²) in [6.07, 6.45) is 3.51. The number of carbonyl (C=O) groups excluding carboxylic acids is 1. The van der Waals surface area contributed by atoms with Gasteiger partial charge in [-0.1, -0.05) is 27.7 Å². The highest BCUT2D eigenvalue weighted by Gasteiger charge is 2.62. The topological polar surface area (TPSA) is 41.6 Å². The highest BCUT2D eigenvalue weighted by Crippen LogP contribution is 2.61. The molecule has 1 aliphatic carbocycles. The number of rotatable bonds is 4. The average Bonchev–Trinajstić information content (AvgIpc) is 2.83. The number of piperidine rings is 1. The molecular weight excluding hydrogens is 276 g/mol. The molecule has 0 unspecified atom stereocenters. The molecule has 2 amide bonds. The standard InChI is InChI=1S/C18H32N2O2/c1-17(2,9-13-5-7-22-8-6-13)12-19-16(21)20-10-14-15(11-20)18(14,3)4/h13-15H,5-12H2,1-4H3,(H,19,21)/t14-,15-/m0/s1. The van der Waals surface area contributed by atoms with Crippen LogP contribution in [0.3, 0.4) is 0 Å². The van der Waals surface area contributed by atoms with Crippen molar-refractivity contribution in [1.82, 2.24) is 10.2 Å². The lowest BCUT2D eigenvalue weighted by Crippen LogP contribution is -2.44. The van der Waals surface area contributed by atoms with Gasteiger partial charge in [0.1, 0.15) is 0 Å². The SMILES string of the molecule is CC(C)(CNC(=O)N1C[C@H]2[C@H](C1)C2(C)C)CC1CCOCC1. The Hall–Kier alpha value is -0.770. The fraction of sp³-hybridized carbons (Fsp3) is 0.944. The van der Waals surface area contributed by atoms with Crippen molar-refractivity contribution in [3.8, 4) is 0 Å². The van der Waals surface area contributed by atoms with Crippen LogP contribution in [0.25, 0.3) is 0 Å². The van der Waals surface area contributed by atoms with Gasteiger partial charge in [-0.2, -0.15) is 0 Å². The van der Waals surface area contributed by atoms with Gasteiger partial charge in [-0.3, -0.25) is 0 Å². The number of nitrogens with one attached hydrogen (secondary N) is 1. The minimum absolute atomic E-state index is 0.142. The van der Waals surface area contributed by atoms with E-state index in [-0.39, 0.29) is 11.4 Å². The summed E-state index contributed by atoms with van der Waals surface area (Å²) in [5.41, 5.74) is 0.638. The molecule has 3 rings (SSSR count). The van der Waals surface area contributed by atoms with Crippen LogP contribution in [0.2, 0.25) is 0 Å². The molecule has 2 aliphatic heterocycles. The molecule has 0 radical (unpaired) electrons. The van der Waals surface area contributed by atoms with Crippen LogP contribution in [0, 0.1) is 28.6 Å². The van der Waals surface area contributed by atoms with Crippen molar-refractivity contribution in [2.45, 2.75) is 47.0 Å². The second kappa shape index (κ2) is 5.70. The number of nitrogens with zero attached hydrogens (tertiary/aromatic N) is 1. The summed E-state index contributed by atoms with van der Waals surface area (Å²) < 4.78 is 5.43. The van der Waals surface area contributed by atoms with Crippen molar-refractivity contribution in [3.63, 3.8) is 0 Å². The van der Waals surface area contributed by atoms with Crippen molar-refractivity contribution < 1.29 is 9.53 Å². The zero-order valence-corrected chi connectivity index (χ0v) is 14.7. The van der Waals surface area contributed by atoms with E-state index < -0.39 is 0 Å². The maximum Gasteiger partial charge on any atom is 0.317 e. The molecule has 0 aromatic heterocycles. The summed E-state index contributed by atoms with van der Waals surface area (Å²) in [7, 11) is 0. The predicted molar refractivity (Wildman–Crippen MR) is 87.7 cm³/mol. The van der Waals surface area contributed by atoms with Crippen LogP contribution >= 0.6 is 0 Å². The minimum atomic E-state index is 0.142. The van der Waals surface area contributed by atoms with E-state index in [2.05, 4.69) is 33.0 Å². The number of likely N-dealkylation sites (tertiary alicyclic amines) is 1. The first-order valence-corrected chi connectivity index (χ1v) is 8.90. The van der Waals surface area contributed by atoms with Gasteiger partial charge in [-0.05, 0) is 47.8 Å². The van der Waals surface area contributed by atoms with Crippen LogP contribution in [-0.2, 0) is 4.74 Å². The van der Waals surface area contributed by atoms with E-state index in [9.17, 15) is 4.79 Å². The molecular formula is C18H32N2O2. The van der Waals surface area contributed by atoms with Crippen LogP contribution in [0.1, 0.15) is 47.0 Å². The maximum absolute atomic E-state index is 12.4. The number of ether oxygens (including phenoxy) is 1. The zero-order valence-electron chi connectivity index (χ0n) is 14.7. The van der Waals surface area contributed by atoms with E-state index in [4.69, 9.17) is 4.74 Å². The first kappa shape index (κ1) is 16.1. The van der Waals surface area contributed by atoms with Gasteiger partial charge < -0.3 is 15.0 Å². The number of hydrogen-bond donors (Lipinski definition) is 1. The number of hydrogen-bond acceptors (Lipinski definition) is 2. The van der Waals surface area contributed by atoms with Gasteiger partial charge in [-0.25, -0.2) is 4.79 Å². The summed E-state index contributed by atoms with van der Waals surface area (Å²) in [5.74, 6) is 2.21. The molecule has 2 saturated heterocycles. The fourth-order valence-electron chi connectivity index (χ4n) is 4.53. The van der Waals surface area contributed by atoms with Gasteiger partial charge in [0.2, 0.25) is 0 Å². The molecule has 126 valence electrons. The van der Waals surface area contributed by atoms with E-state index >= 15 is 0 Å². The van der Waals surface area contributed by atoms with Crippen molar-refractivity contribution in [2.75, 3.05) is 32.8 Å². The summed E-state index contributed by atoms with van der Waals surface area (Å²) in [4.78, 5) is 14.4. The summed E-state index contributed by atoms with van der Waals surface area (Å²) in [6.45, 7) is 13.7. The van der Waals surface area contributed by atoms with Gasteiger partial charge >= 0.3 is 6.03 Å². The first-order chi connectivity index (χ1) is 10.3. The molecule has 0 aromatic rings. The summed E-state index contributed by atoms with van der Waals surface area (Å²) >= 11 is 0. The lowest BCUT2D eigenvalue weighted by atomic mass is 9.80. The second-order valence-corrected chi connectivity index (χ2v) is 9.02. The zero-order chi connectivity index (χ0) is 16.0. The van der Waals surface area contributed by atoms with Crippen molar-refractivity contribution in [1.29, 1.82) is 0 Å². The van der Waals surface area contributed by atoms with Crippen LogP contribution in [0.4, 0.5) is 4.79 Å². The minimum Gasteiger partial charge on any atom is -0.381 e. The molecule has 22 heavy (non-hydrogen) atoms.